The fraction of sp³-hybridized carbons (Fsp3) is 0.556. The summed E-state index contributed by atoms with van der Waals surface area (Å²) in [6.07, 6.45) is 0.969. The Morgan fingerprint density at radius 1 is 1.21 bits per heavy atom. The van der Waals surface area contributed by atoms with Gasteiger partial charge < -0.3 is 19.3 Å². The van der Waals surface area contributed by atoms with Crippen LogP contribution >= 0.6 is 0 Å². The highest BCUT2D eigenvalue weighted by Crippen LogP contribution is 2.43. The van der Waals surface area contributed by atoms with Crippen LogP contribution in [-0.2, 0) is 20.7 Å². The van der Waals surface area contributed by atoms with Crippen molar-refractivity contribution in [1.82, 2.24) is 0 Å². The van der Waals surface area contributed by atoms with Crippen molar-refractivity contribution in [3.63, 3.8) is 0 Å². The Balaban J connectivity index is 2.37. The highest BCUT2D eigenvalue weighted by molar-refractivity contribution is 5.78. The SMILES string of the molecule is CCOC(=O)COc1c(C)c(C)c2c(c1C)CCC(C)(C(=O)O)O2. The lowest BCUT2D eigenvalue weighted by Gasteiger charge is -2.35. The average Bonchev–Trinajstić information content (AvgIpc) is 2.52. The normalized spacial score (nSPS) is 19.2. The molecule has 1 aliphatic heterocycles. The van der Waals surface area contributed by atoms with E-state index in [0.29, 0.717) is 30.9 Å². The summed E-state index contributed by atoms with van der Waals surface area (Å²) < 4.78 is 16.4. The zero-order valence-corrected chi connectivity index (χ0v) is 14.8. The summed E-state index contributed by atoms with van der Waals surface area (Å²) in [5.41, 5.74) is 2.27. The van der Waals surface area contributed by atoms with Crippen LogP contribution in [-0.4, -0.2) is 35.9 Å². The van der Waals surface area contributed by atoms with Crippen LogP contribution < -0.4 is 9.47 Å². The Morgan fingerprint density at radius 3 is 2.46 bits per heavy atom. The van der Waals surface area contributed by atoms with Crippen molar-refractivity contribution >= 4 is 11.9 Å². The first-order chi connectivity index (χ1) is 11.2. The van der Waals surface area contributed by atoms with Gasteiger partial charge in [0.2, 0.25) is 5.60 Å². The summed E-state index contributed by atoms with van der Waals surface area (Å²) >= 11 is 0. The Morgan fingerprint density at radius 2 is 1.88 bits per heavy atom. The molecule has 2 rings (SSSR count). The molecule has 1 heterocycles. The van der Waals surface area contributed by atoms with Crippen LogP contribution in [0.2, 0.25) is 0 Å². The number of carbonyl (C=O) groups excluding carboxylic acids is 1. The van der Waals surface area contributed by atoms with Crippen molar-refractivity contribution in [2.75, 3.05) is 13.2 Å². The number of benzene rings is 1. The third-order valence-electron chi connectivity index (χ3n) is 4.58. The van der Waals surface area contributed by atoms with E-state index >= 15 is 0 Å². The number of ether oxygens (including phenoxy) is 3. The fourth-order valence-electron chi connectivity index (χ4n) is 2.94. The van der Waals surface area contributed by atoms with Gasteiger partial charge in [-0.15, -0.1) is 0 Å². The molecule has 1 atom stereocenters. The Labute approximate surface area is 141 Å². The number of hydrogen-bond donors (Lipinski definition) is 1. The van der Waals surface area contributed by atoms with Gasteiger partial charge in [0, 0.05) is 12.0 Å². The summed E-state index contributed by atoms with van der Waals surface area (Å²) in [5.74, 6) is -0.127. The van der Waals surface area contributed by atoms with Crippen molar-refractivity contribution in [2.24, 2.45) is 0 Å². The first-order valence-electron chi connectivity index (χ1n) is 8.04. The van der Waals surface area contributed by atoms with Crippen molar-refractivity contribution in [3.05, 3.63) is 22.3 Å². The van der Waals surface area contributed by atoms with Crippen LogP contribution in [0.4, 0.5) is 0 Å². The molecule has 6 heteroatoms. The molecule has 0 spiro atoms. The molecule has 24 heavy (non-hydrogen) atoms. The number of carboxylic acid groups (broad SMARTS) is 1. The molecule has 132 valence electrons. The second kappa shape index (κ2) is 6.71. The average molecular weight is 336 g/mol. The second-order valence-corrected chi connectivity index (χ2v) is 6.24. The molecule has 0 bridgehead atoms. The number of hydrogen-bond acceptors (Lipinski definition) is 5. The van der Waals surface area contributed by atoms with Gasteiger partial charge in [-0.1, -0.05) is 0 Å². The molecule has 0 saturated carbocycles. The van der Waals surface area contributed by atoms with E-state index in [1.54, 1.807) is 13.8 Å². The molecule has 0 saturated heterocycles. The smallest absolute Gasteiger partial charge is 0.347 e. The van der Waals surface area contributed by atoms with Crippen LogP contribution in [0.15, 0.2) is 0 Å². The maximum atomic E-state index is 11.5. The molecule has 1 aliphatic rings. The minimum absolute atomic E-state index is 0.151. The van der Waals surface area contributed by atoms with Gasteiger partial charge in [-0.3, -0.25) is 0 Å². The van der Waals surface area contributed by atoms with Crippen LogP contribution in [0.1, 0.15) is 42.5 Å². The molecule has 0 fully saturated rings. The molecule has 6 nitrogen and oxygen atoms in total. The lowest BCUT2D eigenvalue weighted by atomic mass is 9.87. The van der Waals surface area contributed by atoms with Gasteiger partial charge in [-0.25, -0.2) is 9.59 Å². The maximum absolute atomic E-state index is 11.5. The predicted octanol–water partition coefficient (Wildman–Crippen LogP) is 2.72. The number of esters is 1. The molecule has 1 N–H and O–H groups in total. The first-order valence-corrected chi connectivity index (χ1v) is 8.04. The van der Waals surface area contributed by atoms with E-state index in [4.69, 9.17) is 14.2 Å². The zero-order valence-electron chi connectivity index (χ0n) is 14.8. The predicted molar refractivity (Wildman–Crippen MR) is 87.8 cm³/mol. The second-order valence-electron chi connectivity index (χ2n) is 6.24. The molecule has 0 aromatic heterocycles. The van der Waals surface area contributed by atoms with Gasteiger partial charge in [0.15, 0.2) is 6.61 Å². The van der Waals surface area contributed by atoms with Crippen molar-refractivity contribution in [1.29, 1.82) is 0 Å². The topological polar surface area (TPSA) is 82.1 Å². The van der Waals surface area contributed by atoms with E-state index in [2.05, 4.69) is 0 Å². The number of rotatable bonds is 5. The van der Waals surface area contributed by atoms with E-state index in [1.165, 1.54) is 0 Å². The number of aliphatic carboxylic acids is 1. The van der Waals surface area contributed by atoms with Gasteiger partial charge in [-0.05, 0) is 57.7 Å². The van der Waals surface area contributed by atoms with Gasteiger partial charge in [0.25, 0.3) is 0 Å². The summed E-state index contributed by atoms with van der Waals surface area (Å²) in [6, 6.07) is 0. The summed E-state index contributed by atoms with van der Waals surface area (Å²) in [7, 11) is 0. The lowest BCUT2D eigenvalue weighted by Crippen LogP contribution is -2.44. The van der Waals surface area contributed by atoms with Gasteiger partial charge in [0.1, 0.15) is 11.5 Å². The maximum Gasteiger partial charge on any atom is 0.347 e. The van der Waals surface area contributed by atoms with Crippen LogP contribution in [0, 0.1) is 20.8 Å². The van der Waals surface area contributed by atoms with Crippen molar-refractivity contribution in [2.45, 2.75) is 53.1 Å². The van der Waals surface area contributed by atoms with E-state index in [9.17, 15) is 14.7 Å². The highest BCUT2D eigenvalue weighted by Gasteiger charge is 2.40. The minimum atomic E-state index is -1.22. The molecular formula is C18H24O6. The summed E-state index contributed by atoms with van der Waals surface area (Å²) in [6.45, 7) is 9.14. The quantitative estimate of drug-likeness (QED) is 0.833. The van der Waals surface area contributed by atoms with Crippen LogP contribution in [0.5, 0.6) is 11.5 Å². The van der Waals surface area contributed by atoms with Gasteiger partial charge in [-0.2, -0.15) is 0 Å². The third kappa shape index (κ3) is 3.18. The number of carboxylic acids is 1. The molecular weight excluding hydrogens is 312 g/mol. The largest absolute Gasteiger partial charge is 0.481 e. The van der Waals surface area contributed by atoms with Crippen LogP contribution in [0.25, 0.3) is 0 Å². The van der Waals surface area contributed by atoms with Gasteiger partial charge >= 0.3 is 11.9 Å². The fourth-order valence-corrected chi connectivity index (χ4v) is 2.94. The number of fused-ring (bicyclic) bond motifs is 1. The summed E-state index contributed by atoms with van der Waals surface area (Å²) in [5, 5.41) is 9.40. The summed E-state index contributed by atoms with van der Waals surface area (Å²) in [4.78, 5) is 23.0. The zero-order chi connectivity index (χ0) is 18.1. The Hall–Kier alpha value is -2.24. The standard InChI is InChI=1S/C18H24O6/c1-6-22-14(19)9-23-15-10(2)11(3)16-13(12(15)4)7-8-18(5,24-16)17(20)21/h6-9H2,1-5H3,(H,20,21). The van der Waals surface area contributed by atoms with E-state index in [1.807, 2.05) is 20.8 Å². The van der Waals surface area contributed by atoms with E-state index < -0.39 is 17.5 Å². The highest BCUT2D eigenvalue weighted by atomic mass is 16.6. The molecule has 0 amide bonds. The monoisotopic (exact) mass is 336 g/mol. The first kappa shape index (κ1) is 18.1. The Bertz CT molecular complexity index is 679. The molecule has 1 aromatic carbocycles. The Kier molecular flexibility index (Phi) is 5.06. The lowest BCUT2D eigenvalue weighted by molar-refractivity contribution is -0.155. The molecule has 0 aliphatic carbocycles. The number of carbonyl (C=O) groups is 2. The third-order valence-corrected chi connectivity index (χ3v) is 4.58. The molecule has 0 radical (unpaired) electrons. The van der Waals surface area contributed by atoms with Crippen LogP contribution in [0.3, 0.4) is 0 Å². The van der Waals surface area contributed by atoms with Crippen molar-refractivity contribution < 1.29 is 28.9 Å². The van der Waals surface area contributed by atoms with Crippen molar-refractivity contribution in [3.8, 4) is 11.5 Å². The van der Waals surface area contributed by atoms with E-state index in [-0.39, 0.29) is 6.61 Å². The molecule has 1 unspecified atom stereocenters. The minimum Gasteiger partial charge on any atom is -0.481 e. The van der Waals surface area contributed by atoms with Gasteiger partial charge in [0.05, 0.1) is 6.61 Å². The molecule has 1 aromatic rings. The van der Waals surface area contributed by atoms with E-state index in [0.717, 1.165) is 22.3 Å².